The van der Waals surface area contributed by atoms with Gasteiger partial charge in [0, 0.05) is 9.75 Å². The van der Waals surface area contributed by atoms with Gasteiger partial charge in [0.25, 0.3) is 0 Å². The van der Waals surface area contributed by atoms with E-state index < -0.39 is 5.60 Å². The molecular formula is C15H24OS. The molecule has 1 aromatic heterocycles. The summed E-state index contributed by atoms with van der Waals surface area (Å²) < 4.78 is 0. The van der Waals surface area contributed by atoms with Crippen LogP contribution in [0.2, 0.25) is 0 Å². The monoisotopic (exact) mass is 252 g/mol. The smallest absolute Gasteiger partial charge is 0.102 e. The molecule has 1 aliphatic carbocycles. The second-order valence-corrected chi connectivity index (χ2v) is 7.79. The molecule has 1 N–H and O–H groups in total. The maximum atomic E-state index is 11.2. The highest BCUT2D eigenvalue weighted by Crippen LogP contribution is 2.51. The van der Waals surface area contributed by atoms with Crippen LogP contribution in [0.4, 0.5) is 0 Å². The Morgan fingerprint density at radius 3 is 2.53 bits per heavy atom. The highest BCUT2D eigenvalue weighted by atomic mass is 32.1. The molecule has 2 rings (SSSR count). The van der Waals surface area contributed by atoms with Gasteiger partial charge in [0.2, 0.25) is 0 Å². The lowest BCUT2D eigenvalue weighted by molar-refractivity contribution is -0.0933. The van der Waals surface area contributed by atoms with Crippen molar-refractivity contribution in [1.29, 1.82) is 0 Å². The van der Waals surface area contributed by atoms with Crippen molar-refractivity contribution in [3.8, 4) is 0 Å². The van der Waals surface area contributed by atoms with E-state index >= 15 is 0 Å². The first-order valence-corrected chi connectivity index (χ1v) is 7.45. The van der Waals surface area contributed by atoms with Gasteiger partial charge < -0.3 is 5.11 Å². The van der Waals surface area contributed by atoms with E-state index in [0.717, 1.165) is 19.3 Å². The number of hydrogen-bond donors (Lipinski definition) is 1. The molecule has 1 heterocycles. The van der Waals surface area contributed by atoms with E-state index in [1.807, 2.05) is 0 Å². The maximum Gasteiger partial charge on any atom is 0.102 e. The summed E-state index contributed by atoms with van der Waals surface area (Å²) in [4.78, 5) is 2.47. The van der Waals surface area contributed by atoms with Gasteiger partial charge in [-0.1, -0.05) is 33.6 Å². The molecule has 0 amide bonds. The summed E-state index contributed by atoms with van der Waals surface area (Å²) in [5.41, 5.74) is -0.414. The maximum absolute atomic E-state index is 11.2. The number of aliphatic hydroxyl groups is 1. The predicted molar refractivity (Wildman–Crippen MR) is 74.4 cm³/mol. The lowest BCUT2D eigenvalue weighted by Crippen LogP contribution is -2.44. The minimum absolute atomic E-state index is 0.174. The highest BCUT2D eigenvalue weighted by molar-refractivity contribution is 7.12. The van der Waals surface area contributed by atoms with Crippen molar-refractivity contribution in [2.75, 3.05) is 0 Å². The van der Waals surface area contributed by atoms with Gasteiger partial charge in [-0.2, -0.15) is 0 Å². The molecule has 1 fully saturated rings. The number of rotatable bonds is 1. The van der Waals surface area contributed by atoms with Crippen molar-refractivity contribution in [1.82, 2.24) is 0 Å². The van der Waals surface area contributed by atoms with Gasteiger partial charge in [-0.05, 0) is 43.2 Å². The number of hydrogen-bond acceptors (Lipinski definition) is 2. The van der Waals surface area contributed by atoms with Crippen LogP contribution in [0.15, 0.2) is 12.1 Å². The Kier molecular flexibility index (Phi) is 3.39. The molecule has 2 atom stereocenters. The van der Waals surface area contributed by atoms with Gasteiger partial charge in [0.15, 0.2) is 0 Å². The SMILES string of the molecule is Cc1ccc(C2(O)CCCCC2C(C)(C)C)s1. The molecule has 0 radical (unpaired) electrons. The number of aryl methyl sites for hydroxylation is 1. The summed E-state index contributed by atoms with van der Waals surface area (Å²) in [6.45, 7) is 8.89. The summed E-state index contributed by atoms with van der Waals surface area (Å²) in [5, 5.41) is 11.2. The molecule has 0 bridgehead atoms. The van der Waals surface area contributed by atoms with E-state index in [1.165, 1.54) is 16.2 Å². The third-order valence-corrected chi connectivity index (χ3v) is 5.26. The molecule has 1 nitrogen and oxygen atoms in total. The Morgan fingerprint density at radius 2 is 2.00 bits per heavy atom. The summed E-state index contributed by atoms with van der Waals surface area (Å²) in [7, 11) is 0. The fraction of sp³-hybridized carbons (Fsp3) is 0.733. The molecule has 2 unspecified atom stereocenters. The van der Waals surface area contributed by atoms with Crippen LogP contribution in [0, 0.1) is 18.3 Å². The third kappa shape index (κ3) is 2.43. The Hall–Kier alpha value is -0.340. The van der Waals surface area contributed by atoms with Crippen LogP contribution in [0.1, 0.15) is 56.2 Å². The first kappa shape index (κ1) is 13.1. The Bertz CT molecular complexity index is 388. The average Bonchev–Trinajstić information content (AvgIpc) is 2.64. The minimum atomic E-state index is -0.588. The molecule has 0 aromatic carbocycles. The van der Waals surface area contributed by atoms with E-state index in [-0.39, 0.29) is 5.41 Å². The average molecular weight is 252 g/mol. The topological polar surface area (TPSA) is 20.2 Å². The molecule has 1 saturated carbocycles. The Morgan fingerprint density at radius 1 is 1.29 bits per heavy atom. The lowest BCUT2D eigenvalue weighted by Gasteiger charge is -2.46. The van der Waals surface area contributed by atoms with Crippen molar-refractivity contribution < 1.29 is 5.11 Å². The predicted octanol–water partition coefficient (Wildman–Crippen LogP) is 4.48. The molecule has 0 aliphatic heterocycles. The fourth-order valence-corrected chi connectivity index (χ4v) is 4.31. The second-order valence-electron chi connectivity index (χ2n) is 6.50. The first-order chi connectivity index (χ1) is 7.84. The zero-order valence-corrected chi connectivity index (χ0v) is 12.2. The summed E-state index contributed by atoms with van der Waals surface area (Å²) in [5.74, 6) is 0.377. The molecule has 1 aromatic rings. The zero-order valence-electron chi connectivity index (χ0n) is 11.4. The standard InChI is InChI=1S/C15H24OS/c1-11-8-9-13(17-11)15(16)10-6-5-7-12(15)14(2,3)4/h8-9,12,16H,5-7,10H2,1-4H3. The first-order valence-electron chi connectivity index (χ1n) is 6.63. The van der Waals surface area contributed by atoms with Crippen LogP contribution in [-0.4, -0.2) is 5.11 Å². The molecule has 96 valence electrons. The normalized spacial score (nSPS) is 30.5. The fourth-order valence-electron chi connectivity index (χ4n) is 3.27. The summed E-state index contributed by atoms with van der Waals surface area (Å²) >= 11 is 1.76. The van der Waals surface area contributed by atoms with E-state index in [1.54, 1.807) is 11.3 Å². The second kappa shape index (κ2) is 4.40. The van der Waals surface area contributed by atoms with Crippen LogP contribution in [-0.2, 0) is 5.60 Å². The van der Waals surface area contributed by atoms with Gasteiger partial charge >= 0.3 is 0 Å². The van der Waals surface area contributed by atoms with E-state index in [0.29, 0.717) is 5.92 Å². The van der Waals surface area contributed by atoms with Crippen molar-refractivity contribution in [3.63, 3.8) is 0 Å². The molecular weight excluding hydrogens is 228 g/mol. The zero-order chi connectivity index (χ0) is 12.7. The van der Waals surface area contributed by atoms with Crippen molar-refractivity contribution >= 4 is 11.3 Å². The lowest BCUT2D eigenvalue weighted by atomic mass is 9.63. The Labute approximate surface area is 109 Å². The van der Waals surface area contributed by atoms with Crippen LogP contribution < -0.4 is 0 Å². The van der Waals surface area contributed by atoms with Crippen molar-refractivity contribution in [2.24, 2.45) is 11.3 Å². The molecule has 17 heavy (non-hydrogen) atoms. The summed E-state index contributed by atoms with van der Waals surface area (Å²) in [6.07, 6.45) is 4.49. The van der Waals surface area contributed by atoms with E-state index in [2.05, 4.69) is 39.8 Å². The Balaban J connectivity index is 2.38. The molecule has 2 heteroatoms. The van der Waals surface area contributed by atoms with Crippen molar-refractivity contribution in [3.05, 3.63) is 21.9 Å². The van der Waals surface area contributed by atoms with Crippen LogP contribution in [0.3, 0.4) is 0 Å². The summed E-state index contributed by atoms with van der Waals surface area (Å²) in [6, 6.07) is 4.26. The minimum Gasteiger partial charge on any atom is -0.384 e. The van der Waals surface area contributed by atoms with Crippen LogP contribution >= 0.6 is 11.3 Å². The van der Waals surface area contributed by atoms with Gasteiger partial charge in [-0.3, -0.25) is 0 Å². The number of thiophene rings is 1. The van der Waals surface area contributed by atoms with E-state index in [4.69, 9.17) is 0 Å². The quantitative estimate of drug-likeness (QED) is 0.781. The van der Waals surface area contributed by atoms with Gasteiger partial charge in [-0.15, -0.1) is 11.3 Å². The van der Waals surface area contributed by atoms with Crippen molar-refractivity contribution in [2.45, 2.75) is 59.0 Å². The molecule has 0 spiro atoms. The largest absolute Gasteiger partial charge is 0.384 e. The van der Waals surface area contributed by atoms with Crippen LogP contribution in [0.25, 0.3) is 0 Å². The highest BCUT2D eigenvalue weighted by Gasteiger charge is 2.46. The van der Waals surface area contributed by atoms with Gasteiger partial charge in [0.1, 0.15) is 5.60 Å². The molecule has 1 aliphatic rings. The van der Waals surface area contributed by atoms with Gasteiger partial charge in [0.05, 0.1) is 0 Å². The van der Waals surface area contributed by atoms with Gasteiger partial charge in [-0.25, -0.2) is 0 Å². The van der Waals surface area contributed by atoms with E-state index in [9.17, 15) is 5.11 Å². The molecule has 0 saturated heterocycles. The third-order valence-electron chi connectivity index (χ3n) is 4.09. The van der Waals surface area contributed by atoms with Crippen LogP contribution in [0.5, 0.6) is 0 Å².